The maximum Gasteiger partial charge on any atom is 0.250 e. The first-order valence-corrected chi connectivity index (χ1v) is 11.4. The van der Waals surface area contributed by atoms with E-state index in [0.717, 1.165) is 17.7 Å². The fourth-order valence-electron chi connectivity index (χ4n) is 4.95. The zero-order valence-electron chi connectivity index (χ0n) is 19.2. The van der Waals surface area contributed by atoms with E-state index in [1.165, 1.54) is 0 Å². The molecule has 2 aromatic rings. The highest BCUT2D eigenvalue weighted by molar-refractivity contribution is 5.83. The molecule has 8 nitrogen and oxygen atoms in total. The maximum absolute atomic E-state index is 12.8. The number of methoxy groups -OCH3 is 2. The van der Waals surface area contributed by atoms with Gasteiger partial charge in [-0.3, -0.25) is 14.4 Å². The molecule has 0 radical (unpaired) electrons. The van der Waals surface area contributed by atoms with Crippen molar-refractivity contribution in [2.75, 3.05) is 33.9 Å². The summed E-state index contributed by atoms with van der Waals surface area (Å²) in [5.41, 5.74) is 2.08. The van der Waals surface area contributed by atoms with Gasteiger partial charge in [0.05, 0.1) is 14.2 Å². The summed E-state index contributed by atoms with van der Waals surface area (Å²) < 4.78 is 12.4. The zero-order chi connectivity index (χ0) is 23.4. The number of amides is 2. The Morgan fingerprint density at radius 2 is 1.85 bits per heavy atom. The number of ether oxygens (including phenoxy) is 2. The molecule has 33 heavy (non-hydrogen) atoms. The van der Waals surface area contributed by atoms with Gasteiger partial charge in [-0.2, -0.15) is 0 Å². The molecule has 1 aromatic heterocycles. The highest BCUT2D eigenvalue weighted by Crippen LogP contribution is 2.35. The second-order valence-corrected chi connectivity index (χ2v) is 8.79. The predicted octanol–water partition coefficient (Wildman–Crippen LogP) is 1.95. The fraction of sp³-hybridized carbons (Fsp3) is 0.480. The molecule has 0 aliphatic carbocycles. The minimum absolute atomic E-state index is 0.00599. The van der Waals surface area contributed by atoms with E-state index in [2.05, 4.69) is 5.32 Å². The first-order valence-electron chi connectivity index (χ1n) is 11.4. The third-order valence-corrected chi connectivity index (χ3v) is 6.58. The van der Waals surface area contributed by atoms with Crippen LogP contribution in [0.25, 0.3) is 0 Å². The van der Waals surface area contributed by atoms with Crippen molar-refractivity contribution in [2.45, 2.75) is 38.1 Å². The van der Waals surface area contributed by atoms with Crippen molar-refractivity contribution in [3.63, 3.8) is 0 Å². The monoisotopic (exact) mass is 453 g/mol. The second-order valence-electron chi connectivity index (χ2n) is 8.79. The summed E-state index contributed by atoms with van der Waals surface area (Å²) in [4.78, 5) is 39.1. The van der Waals surface area contributed by atoms with Crippen LogP contribution in [0.5, 0.6) is 11.5 Å². The SMILES string of the molecule is COc1ccc(CCNC(=O)CCC(=O)N2C[C@@H]3C[C@@H](C2)c2cccc(=O)n2C3)cc1OC. The van der Waals surface area contributed by atoms with Crippen molar-refractivity contribution in [2.24, 2.45) is 5.92 Å². The van der Waals surface area contributed by atoms with Crippen LogP contribution in [0.3, 0.4) is 0 Å². The summed E-state index contributed by atoms with van der Waals surface area (Å²) in [6, 6.07) is 11.1. The van der Waals surface area contributed by atoms with Gasteiger partial charge in [0.2, 0.25) is 11.8 Å². The molecule has 1 fully saturated rings. The standard InChI is InChI=1S/C25H31N3O5/c1-32-21-7-6-17(13-22(21)33-2)10-11-26-23(29)8-9-24(30)27-14-18-12-19(16-27)20-4-3-5-25(31)28(20)15-18/h3-7,13,18-19H,8-12,14-16H2,1-2H3,(H,26,29)/t18-,19-/m0/s1. The van der Waals surface area contributed by atoms with Crippen LogP contribution < -0.4 is 20.3 Å². The third-order valence-electron chi connectivity index (χ3n) is 6.58. The molecule has 3 heterocycles. The van der Waals surface area contributed by atoms with Crippen LogP contribution >= 0.6 is 0 Å². The molecule has 2 bridgehead atoms. The number of pyridine rings is 1. The zero-order valence-corrected chi connectivity index (χ0v) is 19.2. The van der Waals surface area contributed by atoms with E-state index in [9.17, 15) is 14.4 Å². The lowest BCUT2D eigenvalue weighted by molar-refractivity contribution is -0.136. The highest BCUT2D eigenvalue weighted by Gasteiger charge is 2.36. The Bertz CT molecular complexity index is 1080. The lowest BCUT2D eigenvalue weighted by Gasteiger charge is -2.42. The van der Waals surface area contributed by atoms with Crippen LogP contribution in [0, 0.1) is 5.92 Å². The molecule has 4 rings (SSSR count). The largest absolute Gasteiger partial charge is 0.493 e. The summed E-state index contributed by atoms with van der Waals surface area (Å²) in [5, 5.41) is 2.89. The summed E-state index contributed by atoms with van der Waals surface area (Å²) in [6.45, 7) is 2.41. The van der Waals surface area contributed by atoms with Gasteiger partial charge < -0.3 is 24.3 Å². The van der Waals surface area contributed by atoms with E-state index in [0.29, 0.717) is 44.1 Å². The number of likely N-dealkylation sites (tertiary alicyclic amines) is 1. The number of rotatable bonds is 8. The van der Waals surface area contributed by atoms with Gasteiger partial charge in [-0.15, -0.1) is 0 Å². The van der Waals surface area contributed by atoms with Crippen molar-refractivity contribution in [3.8, 4) is 11.5 Å². The Kier molecular flexibility index (Phi) is 7.01. The molecule has 0 unspecified atom stereocenters. The molecule has 1 N–H and O–H groups in total. The quantitative estimate of drug-likeness (QED) is 0.660. The van der Waals surface area contributed by atoms with Crippen LogP contribution in [0.4, 0.5) is 0 Å². The number of nitrogens with one attached hydrogen (secondary N) is 1. The molecule has 2 aliphatic heterocycles. The van der Waals surface area contributed by atoms with Crippen molar-refractivity contribution < 1.29 is 19.1 Å². The van der Waals surface area contributed by atoms with E-state index in [-0.39, 0.29) is 42.1 Å². The summed E-state index contributed by atoms with van der Waals surface area (Å²) in [7, 11) is 3.18. The average molecular weight is 454 g/mol. The Hall–Kier alpha value is -3.29. The van der Waals surface area contributed by atoms with Gasteiger partial charge in [0, 0.05) is 56.7 Å². The lowest BCUT2D eigenvalue weighted by Crippen LogP contribution is -2.49. The molecular weight excluding hydrogens is 422 g/mol. The Morgan fingerprint density at radius 1 is 1.03 bits per heavy atom. The van der Waals surface area contributed by atoms with Crippen LogP contribution in [0.1, 0.15) is 36.4 Å². The van der Waals surface area contributed by atoms with Crippen molar-refractivity contribution >= 4 is 11.8 Å². The average Bonchev–Trinajstić information content (AvgIpc) is 2.83. The lowest BCUT2D eigenvalue weighted by atomic mass is 9.83. The van der Waals surface area contributed by atoms with Gasteiger partial charge in [-0.1, -0.05) is 12.1 Å². The van der Waals surface area contributed by atoms with E-state index in [1.54, 1.807) is 26.4 Å². The van der Waals surface area contributed by atoms with Crippen molar-refractivity contribution in [3.05, 3.63) is 58.0 Å². The third kappa shape index (κ3) is 5.21. The number of fused-ring (bicyclic) bond motifs is 4. The van der Waals surface area contributed by atoms with Gasteiger partial charge in [-0.25, -0.2) is 0 Å². The van der Waals surface area contributed by atoms with E-state index in [4.69, 9.17) is 9.47 Å². The van der Waals surface area contributed by atoms with Gasteiger partial charge in [0.15, 0.2) is 11.5 Å². The normalized spacial score (nSPS) is 18.9. The molecule has 2 aliphatic rings. The Morgan fingerprint density at radius 3 is 2.64 bits per heavy atom. The van der Waals surface area contributed by atoms with Crippen LogP contribution in [0.2, 0.25) is 0 Å². The molecule has 176 valence electrons. The number of carbonyl (C=O) groups is 2. The van der Waals surface area contributed by atoms with Gasteiger partial charge >= 0.3 is 0 Å². The smallest absolute Gasteiger partial charge is 0.250 e. The Balaban J connectivity index is 1.23. The molecular formula is C25H31N3O5. The van der Waals surface area contributed by atoms with Gasteiger partial charge in [-0.05, 0) is 42.5 Å². The summed E-state index contributed by atoms with van der Waals surface area (Å²) in [6.07, 6.45) is 2.04. The maximum atomic E-state index is 12.8. The van der Waals surface area contributed by atoms with Gasteiger partial charge in [0.1, 0.15) is 0 Å². The number of nitrogens with zero attached hydrogens (tertiary/aromatic N) is 2. The van der Waals surface area contributed by atoms with Gasteiger partial charge in [0.25, 0.3) is 5.56 Å². The molecule has 8 heteroatoms. The molecule has 1 saturated heterocycles. The fourth-order valence-corrected chi connectivity index (χ4v) is 4.95. The number of hydrogen-bond acceptors (Lipinski definition) is 5. The van der Waals surface area contributed by atoms with Crippen molar-refractivity contribution in [1.29, 1.82) is 0 Å². The first kappa shape index (κ1) is 22.9. The molecule has 0 saturated carbocycles. The van der Waals surface area contributed by atoms with Crippen LogP contribution in [0.15, 0.2) is 41.2 Å². The van der Waals surface area contributed by atoms with Crippen molar-refractivity contribution in [1.82, 2.24) is 14.8 Å². The number of piperidine rings is 1. The predicted molar refractivity (Wildman–Crippen MR) is 124 cm³/mol. The van der Waals surface area contributed by atoms with E-state index >= 15 is 0 Å². The topological polar surface area (TPSA) is 89.9 Å². The minimum Gasteiger partial charge on any atom is -0.493 e. The minimum atomic E-state index is -0.127. The second kappa shape index (κ2) is 10.1. The first-order chi connectivity index (χ1) is 16.0. The summed E-state index contributed by atoms with van der Waals surface area (Å²) >= 11 is 0. The highest BCUT2D eigenvalue weighted by atomic mass is 16.5. The molecule has 0 spiro atoms. The molecule has 2 amide bonds. The van der Waals surface area contributed by atoms with E-state index < -0.39 is 0 Å². The van der Waals surface area contributed by atoms with Crippen LogP contribution in [-0.2, 0) is 22.6 Å². The number of hydrogen-bond donors (Lipinski definition) is 1. The van der Waals surface area contributed by atoms with E-state index in [1.807, 2.05) is 33.7 Å². The number of aromatic nitrogens is 1. The molecule has 1 aromatic carbocycles. The number of benzene rings is 1. The molecule has 2 atom stereocenters. The number of carbonyl (C=O) groups excluding carboxylic acids is 2. The van der Waals surface area contributed by atoms with Crippen LogP contribution in [-0.4, -0.2) is 55.1 Å². The summed E-state index contributed by atoms with van der Waals surface area (Å²) in [5.74, 6) is 1.68. The Labute approximate surface area is 193 Å².